The zero-order valence-corrected chi connectivity index (χ0v) is 12.4. The van der Waals surface area contributed by atoms with Crippen molar-refractivity contribution in [2.45, 2.75) is 6.10 Å². The van der Waals surface area contributed by atoms with Gasteiger partial charge in [-0.3, -0.25) is 0 Å². The maximum atomic E-state index is 10.4. The summed E-state index contributed by atoms with van der Waals surface area (Å²) in [7, 11) is 3.17. The number of hydrogen-bond acceptors (Lipinski definition) is 4. The van der Waals surface area contributed by atoms with Crippen molar-refractivity contribution < 1.29 is 14.6 Å². The molecule has 96 valence electrons. The number of aliphatic hydroxyl groups is 1. The van der Waals surface area contributed by atoms with Crippen LogP contribution < -0.4 is 9.47 Å². The number of thiophene rings is 1. The van der Waals surface area contributed by atoms with E-state index in [1.54, 1.807) is 26.4 Å². The van der Waals surface area contributed by atoms with Crippen molar-refractivity contribution in [1.29, 1.82) is 0 Å². The zero-order chi connectivity index (χ0) is 13.1. The van der Waals surface area contributed by atoms with Crippen LogP contribution >= 0.6 is 27.3 Å². The first-order valence-corrected chi connectivity index (χ1v) is 7.02. The summed E-state index contributed by atoms with van der Waals surface area (Å²) in [6, 6.07) is 5.38. The Kier molecular flexibility index (Phi) is 4.27. The van der Waals surface area contributed by atoms with E-state index in [0.717, 1.165) is 15.6 Å². The Morgan fingerprint density at radius 3 is 2.50 bits per heavy atom. The van der Waals surface area contributed by atoms with Crippen molar-refractivity contribution in [3.8, 4) is 11.5 Å². The molecule has 1 unspecified atom stereocenters. The fourth-order valence-electron chi connectivity index (χ4n) is 1.70. The number of benzene rings is 1. The molecule has 0 spiro atoms. The Hall–Kier alpha value is -1.04. The average molecular weight is 329 g/mol. The van der Waals surface area contributed by atoms with Crippen LogP contribution in [0.2, 0.25) is 0 Å². The van der Waals surface area contributed by atoms with Crippen LogP contribution in [0.25, 0.3) is 0 Å². The summed E-state index contributed by atoms with van der Waals surface area (Å²) in [6.07, 6.45) is -0.716. The van der Waals surface area contributed by atoms with Crippen LogP contribution in [-0.4, -0.2) is 19.3 Å². The number of ether oxygens (including phenoxy) is 2. The quantitative estimate of drug-likeness (QED) is 0.931. The fourth-order valence-corrected chi connectivity index (χ4v) is 3.23. The van der Waals surface area contributed by atoms with E-state index >= 15 is 0 Å². The van der Waals surface area contributed by atoms with Crippen molar-refractivity contribution in [2.24, 2.45) is 0 Å². The standard InChI is InChI=1S/C13H13BrO3S/c1-16-8-3-4-9(12(5-8)17-2)13(15)10-6-18-7-11(10)14/h3-7,13,15H,1-2H3. The molecule has 0 aliphatic rings. The van der Waals surface area contributed by atoms with Crippen molar-refractivity contribution >= 4 is 27.3 Å². The molecule has 0 bridgehead atoms. The first-order valence-electron chi connectivity index (χ1n) is 5.29. The Morgan fingerprint density at radius 1 is 1.17 bits per heavy atom. The van der Waals surface area contributed by atoms with Crippen molar-refractivity contribution in [1.82, 2.24) is 0 Å². The molecule has 1 aromatic carbocycles. The number of aliphatic hydroxyl groups excluding tert-OH is 1. The van der Waals surface area contributed by atoms with E-state index in [2.05, 4.69) is 15.9 Å². The van der Waals surface area contributed by atoms with Crippen LogP contribution in [0.4, 0.5) is 0 Å². The number of halogens is 1. The predicted molar refractivity (Wildman–Crippen MR) is 75.6 cm³/mol. The number of methoxy groups -OCH3 is 2. The Labute approximate surface area is 118 Å². The highest BCUT2D eigenvalue weighted by Gasteiger charge is 2.19. The summed E-state index contributed by atoms with van der Waals surface area (Å²) in [6.45, 7) is 0. The van der Waals surface area contributed by atoms with E-state index in [1.807, 2.05) is 16.8 Å². The minimum atomic E-state index is -0.716. The van der Waals surface area contributed by atoms with E-state index in [4.69, 9.17) is 9.47 Å². The van der Waals surface area contributed by atoms with E-state index < -0.39 is 6.10 Å². The van der Waals surface area contributed by atoms with E-state index in [1.165, 1.54) is 11.3 Å². The Bertz CT molecular complexity index is 539. The fraction of sp³-hybridized carbons (Fsp3) is 0.231. The van der Waals surface area contributed by atoms with E-state index in [0.29, 0.717) is 11.5 Å². The highest BCUT2D eigenvalue weighted by atomic mass is 79.9. The van der Waals surface area contributed by atoms with Crippen LogP contribution in [0.5, 0.6) is 11.5 Å². The lowest BCUT2D eigenvalue weighted by molar-refractivity contribution is 0.214. The average Bonchev–Trinajstić information content (AvgIpc) is 2.83. The molecular weight excluding hydrogens is 316 g/mol. The van der Waals surface area contributed by atoms with Gasteiger partial charge in [-0.1, -0.05) is 0 Å². The molecule has 2 rings (SSSR count). The van der Waals surface area contributed by atoms with Gasteiger partial charge in [-0.05, 0) is 33.4 Å². The largest absolute Gasteiger partial charge is 0.497 e. The highest BCUT2D eigenvalue weighted by molar-refractivity contribution is 9.10. The molecule has 2 aromatic rings. The van der Waals surface area contributed by atoms with Gasteiger partial charge in [0.25, 0.3) is 0 Å². The van der Waals surface area contributed by atoms with Crippen LogP contribution in [0.1, 0.15) is 17.2 Å². The van der Waals surface area contributed by atoms with E-state index in [-0.39, 0.29) is 0 Å². The molecule has 1 N–H and O–H groups in total. The van der Waals surface area contributed by atoms with Gasteiger partial charge in [-0.25, -0.2) is 0 Å². The molecule has 0 amide bonds. The Balaban J connectivity index is 2.41. The molecule has 1 aromatic heterocycles. The summed E-state index contributed by atoms with van der Waals surface area (Å²) in [5, 5.41) is 14.2. The smallest absolute Gasteiger partial charge is 0.128 e. The molecule has 0 radical (unpaired) electrons. The minimum Gasteiger partial charge on any atom is -0.497 e. The monoisotopic (exact) mass is 328 g/mol. The van der Waals surface area contributed by atoms with Crippen LogP contribution in [0, 0.1) is 0 Å². The van der Waals surface area contributed by atoms with Gasteiger partial charge in [0.05, 0.1) is 14.2 Å². The van der Waals surface area contributed by atoms with Gasteiger partial charge >= 0.3 is 0 Å². The third-order valence-electron chi connectivity index (χ3n) is 2.67. The molecule has 0 aliphatic carbocycles. The van der Waals surface area contributed by atoms with Crippen LogP contribution in [-0.2, 0) is 0 Å². The van der Waals surface area contributed by atoms with Crippen LogP contribution in [0.3, 0.4) is 0 Å². The summed E-state index contributed by atoms with van der Waals surface area (Å²) in [4.78, 5) is 0. The lowest BCUT2D eigenvalue weighted by atomic mass is 10.0. The molecule has 1 heterocycles. The molecule has 18 heavy (non-hydrogen) atoms. The van der Waals surface area contributed by atoms with Crippen molar-refractivity contribution in [3.05, 3.63) is 44.6 Å². The molecule has 0 saturated carbocycles. The molecule has 1 atom stereocenters. The minimum absolute atomic E-state index is 0.611. The lowest BCUT2D eigenvalue weighted by Gasteiger charge is -2.15. The first-order chi connectivity index (χ1) is 8.67. The van der Waals surface area contributed by atoms with Gasteiger partial charge in [-0.2, -0.15) is 11.3 Å². The third kappa shape index (κ3) is 2.53. The zero-order valence-electron chi connectivity index (χ0n) is 10.0. The topological polar surface area (TPSA) is 38.7 Å². The second kappa shape index (κ2) is 5.73. The molecule has 0 saturated heterocycles. The molecule has 0 aliphatic heterocycles. The van der Waals surface area contributed by atoms with Gasteiger partial charge in [0.15, 0.2) is 0 Å². The molecule has 3 nitrogen and oxygen atoms in total. The summed E-state index contributed by atoms with van der Waals surface area (Å²) < 4.78 is 11.3. The number of hydrogen-bond donors (Lipinski definition) is 1. The maximum Gasteiger partial charge on any atom is 0.128 e. The molecule has 0 fully saturated rings. The van der Waals surface area contributed by atoms with E-state index in [9.17, 15) is 5.11 Å². The molecular formula is C13H13BrO3S. The first kappa shape index (κ1) is 13.4. The van der Waals surface area contributed by atoms with Crippen LogP contribution in [0.15, 0.2) is 33.4 Å². The summed E-state index contributed by atoms with van der Waals surface area (Å²) >= 11 is 4.96. The predicted octanol–water partition coefficient (Wildman–Crippen LogP) is 3.61. The SMILES string of the molecule is COc1ccc(C(O)c2cscc2Br)c(OC)c1. The molecule has 5 heteroatoms. The maximum absolute atomic E-state index is 10.4. The summed E-state index contributed by atoms with van der Waals surface area (Å²) in [5.41, 5.74) is 1.56. The number of rotatable bonds is 4. The third-order valence-corrected chi connectivity index (χ3v) is 4.42. The van der Waals surface area contributed by atoms with Gasteiger partial charge < -0.3 is 14.6 Å². The lowest BCUT2D eigenvalue weighted by Crippen LogP contribution is -2.02. The normalized spacial score (nSPS) is 12.2. The van der Waals surface area contributed by atoms with Gasteiger partial charge in [0.1, 0.15) is 17.6 Å². The second-order valence-corrected chi connectivity index (χ2v) is 5.28. The van der Waals surface area contributed by atoms with Crippen molar-refractivity contribution in [2.75, 3.05) is 14.2 Å². The highest BCUT2D eigenvalue weighted by Crippen LogP contribution is 2.36. The van der Waals surface area contributed by atoms with Crippen molar-refractivity contribution in [3.63, 3.8) is 0 Å². The van der Waals surface area contributed by atoms with Gasteiger partial charge in [0, 0.05) is 27.0 Å². The van der Waals surface area contributed by atoms with Gasteiger partial charge in [-0.15, -0.1) is 0 Å². The Morgan fingerprint density at radius 2 is 1.94 bits per heavy atom. The summed E-state index contributed by atoms with van der Waals surface area (Å²) in [5.74, 6) is 1.31. The van der Waals surface area contributed by atoms with Gasteiger partial charge in [0.2, 0.25) is 0 Å². The second-order valence-electron chi connectivity index (χ2n) is 3.69.